The summed E-state index contributed by atoms with van der Waals surface area (Å²) in [6, 6.07) is 12.4. The minimum Gasteiger partial charge on any atom is -0.496 e. The Kier molecular flexibility index (Phi) is 8.13. The smallest absolute Gasteiger partial charge is 0.257 e. The number of ether oxygens (including phenoxy) is 1. The molecule has 7 heteroatoms. The lowest BCUT2D eigenvalue weighted by atomic mass is 10.0. The molecule has 1 amide bonds. The summed E-state index contributed by atoms with van der Waals surface area (Å²) in [7, 11) is 1.50. The van der Waals surface area contributed by atoms with Crippen molar-refractivity contribution in [3.8, 4) is 22.9 Å². The number of rotatable bonds is 3. The summed E-state index contributed by atoms with van der Waals surface area (Å²) in [6.45, 7) is 5.43. The van der Waals surface area contributed by atoms with Crippen LogP contribution in [0.2, 0.25) is 10.0 Å². The summed E-state index contributed by atoms with van der Waals surface area (Å²) in [5, 5.41) is 13.3. The molecule has 0 radical (unpaired) electrons. The van der Waals surface area contributed by atoms with Crippen LogP contribution in [0, 0.1) is 11.3 Å². The third kappa shape index (κ3) is 4.96. The largest absolute Gasteiger partial charge is 0.496 e. The van der Waals surface area contributed by atoms with Gasteiger partial charge in [0.1, 0.15) is 11.8 Å². The van der Waals surface area contributed by atoms with E-state index in [9.17, 15) is 4.79 Å². The van der Waals surface area contributed by atoms with Crippen molar-refractivity contribution in [3.05, 3.63) is 52.0 Å². The molecule has 0 bridgehead atoms. The maximum atomic E-state index is 13.0. The van der Waals surface area contributed by atoms with Crippen LogP contribution in [0.5, 0.6) is 5.75 Å². The molecular formula is C21H23Cl2N3O2. The van der Waals surface area contributed by atoms with Gasteiger partial charge in [-0.3, -0.25) is 10.1 Å². The van der Waals surface area contributed by atoms with E-state index in [0.717, 1.165) is 11.1 Å². The molecule has 2 aromatic carbocycles. The Bertz CT molecular complexity index is 863. The van der Waals surface area contributed by atoms with E-state index in [-0.39, 0.29) is 11.9 Å². The number of methoxy groups -OCH3 is 1. The average Bonchev–Trinajstić information content (AvgIpc) is 2.75. The van der Waals surface area contributed by atoms with Crippen LogP contribution >= 0.6 is 23.2 Å². The van der Waals surface area contributed by atoms with Crippen LogP contribution in [-0.2, 0) is 0 Å². The summed E-state index contributed by atoms with van der Waals surface area (Å²) >= 11 is 12.4. The Hall–Kier alpha value is -2.26. The predicted octanol–water partition coefficient (Wildman–Crippen LogP) is 4.63. The first-order valence-electron chi connectivity index (χ1n) is 9.09. The quantitative estimate of drug-likeness (QED) is 0.786. The van der Waals surface area contributed by atoms with Crippen molar-refractivity contribution in [2.75, 3.05) is 26.7 Å². The first kappa shape index (κ1) is 22.0. The second-order valence-electron chi connectivity index (χ2n) is 5.93. The SMILES string of the molecule is CC.COc1cc(Cl)c(-c2ccc(Cl)cc2)cc1C(=O)N1CCNC(C#N)C1. The van der Waals surface area contributed by atoms with E-state index in [1.165, 1.54) is 7.11 Å². The van der Waals surface area contributed by atoms with E-state index in [2.05, 4.69) is 11.4 Å². The fraction of sp³-hybridized carbons (Fsp3) is 0.333. The lowest BCUT2D eigenvalue weighted by molar-refractivity contribution is 0.0716. The number of nitriles is 1. The monoisotopic (exact) mass is 419 g/mol. The third-order valence-electron chi connectivity index (χ3n) is 4.29. The van der Waals surface area contributed by atoms with E-state index in [1.54, 1.807) is 29.2 Å². The van der Waals surface area contributed by atoms with Crippen LogP contribution in [0.4, 0.5) is 0 Å². The highest BCUT2D eigenvalue weighted by molar-refractivity contribution is 6.34. The highest BCUT2D eigenvalue weighted by atomic mass is 35.5. The fourth-order valence-electron chi connectivity index (χ4n) is 2.93. The van der Waals surface area contributed by atoms with Crippen LogP contribution in [0.3, 0.4) is 0 Å². The predicted molar refractivity (Wildman–Crippen MR) is 113 cm³/mol. The van der Waals surface area contributed by atoms with Gasteiger partial charge in [0.2, 0.25) is 0 Å². The van der Waals surface area contributed by atoms with Crippen molar-refractivity contribution < 1.29 is 9.53 Å². The molecule has 3 rings (SSSR count). The first-order valence-corrected chi connectivity index (χ1v) is 9.85. The van der Waals surface area contributed by atoms with E-state index in [4.69, 9.17) is 33.2 Å². The fourth-order valence-corrected chi connectivity index (χ4v) is 3.32. The lowest BCUT2D eigenvalue weighted by Gasteiger charge is -2.31. The molecular weight excluding hydrogens is 397 g/mol. The molecule has 1 aliphatic rings. The highest BCUT2D eigenvalue weighted by Gasteiger charge is 2.26. The zero-order valence-corrected chi connectivity index (χ0v) is 17.6. The Morgan fingerprint density at radius 2 is 1.93 bits per heavy atom. The standard InChI is InChI=1S/C19H17Cl2N3O2.C2H6/c1-26-18-9-17(21)15(12-2-4-13(20)5-3-12)8-16(18)19(25)24-7-6-23-14(10-22)11-24;1-2/h2-5,8-9,14,23H,6-7,11H2,1H3;1-2H3. The van der Waals surface area contributed by atoms with Gasteiger partial charge in [-0.15, -0.1) is 0 Å². The summed E-state index contributed by atoms with van der Waals surface area (Å²) in [5.74, 6) is 0.222. The number of nitrogens with zero attached hydrogens (tertiary/aromatic N) is 2. The Morgan fingerprint density at radius 3 is 2.54 bits per heavy atom. The maximum Gasteiger partial charge on any atom is 0.257 e. The minimum absolute atomic E-state index is 0.185. The molecule has 0 saturated carbocycles. The first-order chi connectivity index (χ1) is 13.5. The Balaban J connectivity index is 0.00000136. The van der Waals surface area contributed by atoms with Crippen molar-refractivity contribution in [1.82, 2.24) is 10.2 Å². The van der Waals surface area contributed by atoms with Crippen LogP contribution < -0.4 is 10.1 Å². The molecule has 0 aromatic heterocycles. The number of hydrogen-bond donors (Lipinski definition) is 1. The highest BCUT2D eigenvalue weighted by Crippen LogP contribution is 2.35. The number of piperazine rings is 1. The third-order valence-corrected chi connectivity index (χ3v) is 4.86. The van der Waals surface area contributed by atoms with Crippen LogP contribution in [0.15, 0.2) is 36.4 Å². The summed E-state index contributed by atoms with van der Waals surface area (Å²) < 4.78 is 5.37. The number of nitrogens with one attached hydrogen (secondary N) is 1. The molecule has 0 aliphatic carbocycles. The molecule has 1 N–H and O–H groups in total. The molecule has 0 spiro atoms. The molecule has 1 atom stereocenters. The van der Waals surface area contributed by atoms with Crippen LogP contribution in [0.25, 0.3) is 11.1 Å². The molecule has 1 unspecified atom stereocenters. The van der Waals surface area contributed by atoms with E-state index < -0.39 is 0 Å². The van der Waals surface area contributed by atoms with Gasteiger partial charge in [0.15, 0.2) is 0 Å². The Labute approximate surface area is 175 Å². The lowest BCUT2D eigenvalue weighted by Crippen LogP contribution is -2.52. The zero-order valence-electron chi connectivity index (χ0n) is 16.1. The topological polar surface area (TPSA) is 65.4 Å². The van der Waals surface area contributed by atoms with Gasteiger partial charge in [-0.2, -0.15) is 5.26 Å². The maximum absolute atomic E-state index is 13.0. The molecule has 1 heterocycles. The van der Waals surface area contributed by atoms with Gasteiger partial charge in [-0.05, 0) is 23.8 Å². The van der Waals surface area contributed by atoms with Crippen molar-refractivity contribution in [1.29, 1.82) is 5.26 Å². The van der Waals surface area contributed by atoms with Gasteiger partial charge in [-0.25, -0.2) is 0 Å². The van der Waals surface area contributed by atoms with Gasteiger partial charge in [0.25, 0.3) is 5.91 Å². The van der Waals surface area contributed by atoms with E-state index in [0.29, 0.717) is 41.0 Å². The number of amides is 1. The summed E-state index contributed by atoms with van der Waals surface area (Å²) in [5.41, 5.74) is 1.99. The van der Waals surface area contributed by atoms with Gasteiger partial charge in [0, 0.05) is 36.3 Å². The van der Waals surface area contributed by atoms with Crippen molar-refractivity contribution >= 4 is 29.1 Å². The molecule has 1 fully saturated rings. The molecule has 2 aromatic rings. The van der Waals surface area contributed by atoms with Crippen molar-refractivity contribution in [2.45, 2.75) is 19.9 Å². The summed E-state index contributed by atoms with van der Waals surface area (Å²) in [6.07, 6.45) is 0. The number of carbonyl (C=O) groups is 1. The van der Waals surface area contributed by atoms with Crippen molar-refractivity contribution in [3.63, 3.8) is 0 Å². The van der Waals surface area contributed by atoms with Gasteiger partial charge in [-0.1, -0.05) is 49.2 Å². The molecule has 1 saturated heterocycles. The average molecular weight is 420 g/mol. The van der Waals surface area contributed by atoms with Gasteiger partial charge < -0.3 is 9.64 Å². The number of halogens is 2. The number of carbonyl (C=O) groups excluding carboxylic acids is 1. The molecule has 148 valence electrons. The zero-order chi connectivity index (χ0) is 20.7. The normalized spacial score (nSPS) is 15.9. The van der Waals surface area contributed by atoms with E-state index >= 15 is 0 Å². The molecule has 28 heavy (non-hydrogen) atoms. The van der Waals surface area contributed by atoms with Crippen molar-refractivity contribution in [2.24, 2.45) is 0 Å². The van der Waals surface area contributed by atoms with Gasteiger partial charge >= 0.3 is 0 Å². The number of benzene rings is 2. The second-order valence-corrected chi connectivity index (χ2v) is 6.77. The minimum atomic E-state index is -0.373. The van der Waals surface area contributed by atoms with Crippen LogP contribution in [-0.4, -0.2) is 43.6 Å². The van der Waals surface area contributed by atoms with Crippen LogP contribution in [0.1, 0.15) is 24.2 Å². The molecule has 5 nitrogen and oxygen atoms in total. The number of hydrogen-bond acceptors (Lipinski definition) is 4. The Morgan fingerprint density at radius 1 is 1.25 bits per heavy atom. The van der Waals surface area contributed by atoms with Gasteiger partial charge in [0.05, 0.1) is 23.8 Å². The summed E-state index contributed by atoms with van der Waals surface area (Å²) in [4.78, 5) is 14.7. The second kappa shape index (κ2) is 10.3. The molecule has 1 aliphatic heterocycles. The van der Waals surface area contributed by atoms with E-state index in [1.807, 2.05) is 26.0 Å².